The molecule has 0 unspecified atom stereocenters. The van der Waals surface area contributed by atoms with Gasteiger partial charge in [0, 0.05) is 6.07 Å². The summed E-state index contributed by atoms with van der Waals surface area (Å²) < 4.78 is 16.1. The van der Waals surface area contributed by atoms with E-state index < -0.39 is 4.92 Å². The van der Waals surface area contributed by atoms with Crippen molar-refractivity contribution in [2.75, 3.05) is 26.4 Å². The maximum absolute atomic E-state index is 11.7. The van der Waals surface area contributed by atoms with Gasteiger partial charge >= 0.3 is 0 Å². The van der Waals surface area contributed by atoms with Crippen molar-refractivity contribution in [2.45, 2.75) is 6.92 Å². The number of rotatable bonds is 10. The third-order valence-corrected chi connectivity index (χ3v) is 3.23. The molecule has 0 saturated heterocycles. The molecule has 0 heterocycles. The molecule has 138 valence electrons. The largest absolute Gasteiger partial charge is 0.494 e. The summed E-state index contributed by atoms with van der Waals surface area (Å²) in [7, 11) is 0. The van der Waals surface area contributed by atoms with Gasteiger partial charge in [0.15, 0.2) is 6.61 Å². The number of non-ortho nitro benzene ring substituents is 1. The van der Waals surface area contributed by atoms with Gasteiger partial charge in [-0.3, -0.25) is 14.9 Å². The van der Waals surface area contributed by atoms with Crippen LogP contribution in [-0.4, -0.2) is 37.2 Å². The lowest BCUT2D eigenvalue weighted by Gasteiger charge is -2.09. The zero-order valence-electron chi connectivity index (χ0n) is 14.3. The van der Waals surface area contributed by atoms with E-state index in [0.29, 0.717) is 25.5 Å². The molecule has 2 rings (SSSR count). The quantitative estimate of drug-likeness (QED) is 0.397. The molecule has 0 aliphatic rings. The van der Waals surface area contributed by atoms with Gasteiger partial charge in [0.25, 0.3) is 11.6 Å². The normalized spacial score (nSPS) is 10.0. The van der Waals surface area contributed by atoms with Crippen LogP contribution in [0, 0.1) is 10.1 Å². The second-order valence-electron chi connectivity index (χ2n) is 5.15. The third-order valence-electron chi connectivity index (χ3n) is 3.23. The molecule has 2 aromatic rings. The highest BCUT2D eigenvalue weighted by Gasteiger charge is 2.08. The zero-order chi connectivity index (χ0) is 18.8. The van der Waals surface area contributed by atoms with Crippen LogP contribution in [0.1, 0.15) is 6.92 Å². The number of nitrogens with one attached hydrogen (secondary N) is 1. The van der Waals surface area contributed by atoms with E-state index in [1.165, 1.54) is 18.2 Å². The van der Waals surface area contributed by atoms with Gasteiger partial charge in [0.1, 0.15) is 23.9 Å². The zero-order valence-corrected chi connectivity index (χ0v) is 14.3. The Balaban J connectivity index is 1.66. The highest BCUT2D eigenvalue weighted by molar-refractivity contribution is 5.77. The van der Waals surface area contributed by atoms with E-state index in [4.69, 9.17) is 14.2 Å². The van der Waals surface area contributed by atoms with Crippen LogP contribution in [0.4, 0.5) is 5.69 Å². The van der Waals surface area contributed by atoms with Crippen molar-refractivity contribution in [1.82, 2.24) is 5.32 Å². The number of nitro groups is 1. The average molecular weight is 360 g/mol. The Labute approximate surface area is 150 Å². The van der Waals surface area contributed by atoms with E-state index in [2.05, 4.69) is 5.32 Å². The number of carbonyl (C=O) groups is 1. The van der Waals surface area contributed by atoms with Crippen molar-refractivity contribution in [3.8, 4) is 17.2 Å². The minimum atomic E-state index is -0.523. The minimum Gasteiger partial charge on any atom is -0.494 e. The molecule has 0 aliphatic carbocycles. The smallest absolute Gasteiger partial charge is 0.273 e. The van der Waals surface area contributed by atoms with Gasteiger partial charge in [-0.25, -0.2) is 0 Å². The van der Waals surface area contributed by atoms with Gasteiger partial charge in [-0.1, -0.05) is 6.07 Å². The predicted molar refractivity (Wildman–Crippen MR) is 94.7 cm³/mol. The van der Waals surface area contributed by atoms with Crippen LogP contribution >= 0.6 is 0 Å². The Bertz CT molecular complexity index is 733. The first-order valence-corrected chi connectivity index (χ1v) is 8.08. The molecule has 0 bridgehead atoms. The summed E-state index contributed by atoms with van der Waals surface area (Å²) in [5.41, 5.74) is -0.0911. The van der Waals surface area contributed by atoms with Crippen molar-refractivity contribution in [3.63, 3.8) is 0 Å². The standard InChI is InChI=1S/C18H20N2O6/c1-2-24-15-6-8-16(9-7-15)25-11-10-19-18(21)13-26-17-5-3-4-14(12-17)20(22)23/h3-9,12H,2,10-11,13H2,1H3,(H,19,21). The van der Waals surface area contributed by atoms with Crippen molar-refractivity contribution >= 4 is 11.6 Å². The van der Waals surface area contributed by atoms with E-state index in [0.717, 1.165) is 5.75 Å². The SMILES string of the molecule is CCOc1ccc(OCCNC(=O)COc2cccc([N+](=O)[O-])c2)cc1. The molecule has 0 aromatic heterocycles. The third kappa shape index (κ3) is 6.31. The van der Waals surface area contributed by atoms with E-state index >= 15 is 0 Å². The molecule has 0 spiro atoms. The number of nitrogens with zero attached hydrogens (tertiary/aromatic N) is 1. The Kier molecular flexibility index (Phi) is 7.23. The Morgan fingerprint density at radius 3 is 2.38 bits per heavy atom. The monoisotopic (exact) mass is 360 g/mol. The molecule has 0 saturated carbocycles. The van der Waals surface area contributed by atoms with Crippen LogP contribution < -0.4 is 19.5 Å². The van der Waals surface area contributed by atoms with E-state index in [9.17, 15) is 14.9 Å². The van der Waals surface area contributed by atoms with E-state index in [-0.39, 0.29) is 24.0 Å². The number of nitro benzene ring substituents is 1. The number of ether oxygens (including phenoxy) is 3. The summed E-state index contributed by atoms with van der Waals surface area (Å²) in [6, 6.07) is 12.9. The van der Waals surface area contributed by atoms with E-state index in [1.54, 1.807) is 18.2 Å². The molecule has 8 heteroatoms. The van der Waals surface area contributed by atoms with Gasteiger partial charge in [0.2, 0.25) is 0 Å². The van der Waals surface area contributed by atoms with Crippen molar-refractivity contribution in [1.29, 1.82) is 0 Å². The van der Waals surface area contributed by atoms with Gasteiger partial charge in [-0.2, -0.15) is 0 Å². The molecule has 2 aromatic carbocycles. The summed E-state index contributed by atoms with van der Waals surface area (Å²) in [6.45, 7) is 2.89. The molecule has 8 nitrogen and oxygen atoms in total. The molecule has 0 radical (unpaired) electrons. The molecule has 26 heavy (non-hydrogen) atoms. The summed E-state index contributed by atoms with van der Waals surface area (Å²) in [6.07, 6.45) is 0. The van der Waals surface area contributed by atoms with Gasteiger partial charge in [-0.05, 0) is 37.3 Å². The van der Waals surface area contributed by atoms with Crippen LogP contribution in [0.2, 0.25) is 0 Å². The fourth-order valence-electron chi connectivity index (χ4n) is 2.04. The van der Waals surface area contributed by atoms with E-state index in [1.807, 2.05) is 19.1 Å². The number of benzene rings is 2. The highest BCUT2D eigenvalue weighted by atomic mass is 16.6. The second-order valence-corrected chi connectivity index (χ2v) is 5.15. The first kappa shape index (κ1) is 19.0. The molecular formula is C18H20N2O6. The van der Waals surface area contributed by atoms with Crippen molar-refractivity contribution in [3.05, 3.63) is 58.6 Å². The van der Waals surface area contributed by atoms with Crippen LogP contribution in [0.3, 0.4) is 0 Å². The number of amides is 1. The Morgan fingerprint density at radius 1 is 1.04 bits per heavy atom. The van der Waals surface area contributed by atoms with Gasteiger partial charge in [-0.15, -0.1) is 0 Å². The minimum absolute atomic E-state index is 0.0911. The summed E-state index contributed by atoms with van der Waals surface area (Å²) in [5.74, 6) is 1.37. The van der Waals surface area contributed by atoms with Crippen LogP contribution in [0.15, 0.2) is 48.5 Å². The molecular weight excluding hydrogens is 340 g/mol. The Hall–Kier alpha value is -3.29. The topological polar surface area (TPSA) is 99.9 Å². The van der Waals surface area contributed by atoms with Crippen molar-refractivity contribution in [2.24, 2.45) is 0 Å². The number of carbonyl (C=O) groups excluding carboxylic acids is 1. The number of hydrogen-bond donors (Lipinski definition) is 1. The molecule has 0 fully saturated rings. The van der Waals surface area contributed by atoms with Gasteiger partial charge < -0.3 is 19.5 Å². The maximum Gasteiger partial charge on any atom is 0.273 e. The lowest BCUT2D eigenvalue weighted by Crippen LogP contribution is -2.32. The fraction of sp³-hybridized carbons (Fsp3) is 0.278. The molecule has 0 aliphatic heterocycles. The predicted octanol–water partition coefficient (Wildman–Crippen LogP) is 2.57. The van der Waals surface area contributed by atoms with Crippen LogP contribution in [0.5, 0.6) is 17.2 Å². The van der Waals surface area contributed by atoms with Gasteiger partial charge in [0.05, 0.1) is 24.1 Å². The summed E-state index contributed by atoms with van der Waals surface area (Å²) >= 11 is 0. The molecule has 0 atom stereocenters. The van der Waals surface area contributed by atoms with Crippen molar-refractivity contribution < 1.29 is 23.9 Å². The summed E-state index contributed by atoms with van der Waals surface area (Å²) in [5, 5.41) is 13.3. The summed E-state index contributed by atoms with van der Waals surface area (Å²) in [4.78, 5) is 21.9. The lowest BCUT2D eigenvalue weighted by atomic mass is 10.3. The lowest BCUT2D eigenvalue weighted by molar-refractivity contribution is -0.384. The highest BCUT2D eigenvalue weighted by Crippen LogP contribution is 2.19. The van der Waals surface area contributed by atoms with Crippen LogP contribution in [-0.2, 0) is 4.79 Å². The second kappa shape index (κ2) is 9.87. The number of hydrogen-bond acceptors (Lipinski definition) is 6. The molecule has 1 N–H and O–H groups in total. The van der Waals surface area contributed by atoms with Crippen LogP contribution in [0.25, 0.3) is 0 Å². The first-order chi connectivity index (χ1) is 12.6. The fourth-order valence-corrected chi connectivity index (χ4v) is 2.04. The maximum atomic E-state index is 11.7. The first-order valence-electron chi connectivity index (χ1n) is 8.08. The average Bonchev–Trinajstić information content (AvgIpc) is 2.65. The molecule has 1 amide bonds. The Morgan fingerprint density at radius 2 is 1.73 bits per heavy atom.